The van der Waals surface area contributed by atoms with Crippen LogP contribution in [0.4, 0.5) is 5.82 Å². The van der Waals surface area contributed by atoms with Gasteiger partial charge >= 0.3 is 0 Å². The Morgan fingerprint density at radius 1 is 1.40 bits per heavy atom. The molecule has 15 heavy (non-hydrogen) atoms. The second-order valence-corrected chi connectivity index (χ2v) is 4.36. The predicted molar refractivity (Wildman–Crippen MR) is 61.8 cm³/mol. The average molecular weight is 205 g/mol. The Morgan fingerprint density at radius 3 is 2.93 bits per heavy atom. The monoisotopic (exact) mass is 205 g/mol. The van der Waals surface area contributed by atoms with Gasteiger partial charge in [-0.05, 0) is 25.3 Å². The van der Waals surface area contributed by atoms with Crippen molar-refractivity contribution in [2.75, 3.05) is 11.9 Å². The number of aromatic nitrogens is 2. The number of nitrogens with zero attached hydrogens (tertiary/aromatic N) is 2. The molecule has 0 spiro atoms. The third-order valence-electron chi connectivity index (χ3n) is 3.11. The van der Waals surface area contributed by atoms with Crippen molar-refractivity contribution in [2.24, 2.45) is 5.92 Å². The fraction of sp³-hybridized carbons (Fsp3) is 0.667. The summed E-state index contributed by atoms with van der Waals surface area (Å²) in [6.07, 6.45) is 8.78. The van der Waals surface area contributed by atoms with E-state index in [0.717, 1.165) is 24.1 Å². The van der Waals surface area contributed by atoms with Crippen molar-refractivity contribution < 1.29 is 0 Å². The van der Waals surface area contributed by atoms with Crippen LogP contribution in [0.3, 0.4) is 0 Å². The van der Waals surface area contributed by atoms with E-state index in [4.69, 9.17) is 0 Å². The van der Waals surface area contributed by atoms with Gasteiger partial charge in [0.05, 0.1) is 0 Å². The van der Waals surface area contributed by atoms with Gasteiger partial charge in [0.15, 0.2) is 0 Å². The third-order valence-corrected chi connectivity index (χ3v) is 3.11. The second-order valence-electron chi connectivity index (χ2n) is 4.36. The molecular formula is C12H19N3. The first-order valence-electron chi connectivity index (χ1n) is 5.88. The first-order valence-corrected chi connectivity index (χ1v) is 5.88. The Kier molecular flexibility index (Phi) is 3.54. The predicted octanol–water partition coefficient (Wildman–Crippen LogP) is 2.78. The van der Waals surface area contributed by atoms with Crippen LogP contribution in [0, 0.1) is 12.8 Å². The van der Waals surface area contributed by atoms with Gasteiger partial charge in [-0.15, -0.1) is 0 Å². The number of aryl methyl sites for hydroxylation is 1. The van der Waals surface area contributed by atoms with Gasteiger partial charge in [0.25, 0.3) is 0 Å². The first-order chi connectivity index (χ1) is 7.34. The van der Waals surface area contributed by atoms with E-state index in [-0.39, 0.29) is 0 Å². The lowest BCUT2D eigenvalue weighted by molar-refractivity contribution is 0.518. The van der Waals surface area contributed by atoms with Crippen LogP contribution >= 0.6 is 0 Å². The van der Waals surface area contributed by atoms with Gasteiger partial charge in [-0.1, -0.05) is 25.7 Å². The van der Waals surface area contributed by atoms with Gasteiger partial charge in [0.1, 0.15) is 11.6 Å². The summed E-state index contributed by atoms with van der Waals surface area (Å²) in [4.78, 5) is 8.39. The zero-order valence-electron chi connectivity index (χ0n) is 9.37. The van der Waals surface area contributed by atoms with Crippen molar-refractivity contribution in [1.82, 2.24) is 9.97 Å². The second kappa shape index (κ2) is 5.10. The molecule has 3 heteroatoms. The van der Waals surface area contributed by atoms with Crippen LogP contribution in [0.25, 0.3) is 0 Å². The highest BCUT2D eigenvalue weighted by Gasteiger charge is 2.13. The van der Waals surface area contributed by atoms with Crippen molar-refractivity contribution in [1.29, 1.82) is 0 Å². The van der Waals surface area contributed by atoms with E-state index in [1.165, 1.54) is 32.1 Å². The lowest BCUT2D eigenvalue weighted by atomic mass is 10.0. The normalized spacial score (nSPS) is 16.9. The third kappa shape index (κ3) is 3.18. The van der Waals surface area contributed by atoms with Gasteiger partial charge < -0.3 is 5.32 Å². The van der Waals surface area contributed by atoms with Gasteiger partial charge in [-0.25, -0.2) is 9.97 Å². The largest absolute Gasteiger partial charge is 0.370 e. The summed E-state index contributed by atoms with van der Waals surface area (Å²) in [7, 11) is 0. The van der Waals surface area contributed by atoms with Crippen LogP contribution in [-0.4, -0.2) is 16.5 Å². The van der Waals surface area contributed by atoms with Crippen LogP contribution in [0.2, 0.25) is 0 Å². The number of hydrogen-bond acceptors (Lipinski definition) is 3. The molecule has 0 bridgehead atoms. The van der Waals surface area contributed by atoms with Gasteiger partial charge in [-0.2, -0.15) is 0 Å². The Bertz CT molecular complexity index is 305. The van der Waals surface area contributed by atoms with Crippen LogP contribution < -0.4 is 5.32 Å². The van der Waals surface area contributed by atoms with Crippen molar-refractivity contribution in [3.05, 3.63) is 18.1 Å². The molecule has 0 saturated heterocycles. The SMILES string of the molecule is Cc1nccc(NCCC2CCCC2)n1. The minimum Gasteiger partial charge on any atom is -0.370 e. The molecule has 1 aromatic rings. The Morgan fingerprint density at radius 2 is 2.20 bits per heavy atom. The molecule has 1 aliphatic rings. The minimum atomic E-state index is 0.834. The highest BCUT2D eigenvalue weighted by molar-refractivity contribution is 5.32. The maximum absolute atomic E-state index is 4.32. The lowest BCUT2D eigenvalue weighted by Gasteiger charge is -2.10. The molecule has 1 heterocycles. The zero-order valence-corrected chi connectivity index (χ0v) is 9.37. The van der Waals surface area contributed by atoms with E-state index in [2.05, 4.69) is 15.3 Å². The molecule has 1 fully saturated rings. The van der Waals surface area contributed by atoms with E-state index < -0.39 is 0 Å². The smallest absolute Gasteiger partial charge is 0.129 e. The highest BCUT2D eigenvalue weighted by Crippen LogP contribution is 2.27. The van der Waals surface area contributed by atoms with Crippen molar-refractivity contribution in [3.63, 3.8) is 0 Å². The lowest BCUT2D eigenvalue weighted by Crippen LogP contribution is -2.08. The molecule has 0 radical (unpaired) electrons. The molecule has 0 aliphatic heterocycles. The molecule has 0 atom stereocenters. The maximum Gasteiger partial charge on any atom is 0.129 e. The fourth-order valence-electron chi connectivity index (χ4n) is 2.26. The quantitative estimate of drug-likeness (QED) is 0.821. The average Bonchev–Trinajstić information content (AvgIpc) is 2.71. The molecule has 1 aromatic heterocycles. The summed E-state index contributed by atoms with van der Waals surface area (Å²) in [5.74, 6) is 2.74. The summed E-state index contributed by atoms with van der Waals surface area (Å²) in [5.41, 5.74) is 0. The molecule has 3 nitrogen and oxygen atoms in total. The van der Waals surface area contributed by atoms with E-state index in [1.807, 2.05) is 13.0 Å². The van der Waals surface area contributed by atoms with E-state index in [1.54, 1.807) is 6.20 Å². The molecule has 1 N–H and O–H groups in total. The molecule has 1 saturated carbocycles. The fourth-order valence-corrected chi connectivity index (χ4v) is 2.26. The number of anilines is 1. The molecule has 82 valence electrons. The van der Waals surface area contributed by atoms with Gasteiger partial charge in [0, 0.05) is 12.7 Å². The summed E-state index contributed by atoms with van der Waals surface area (Å²) >= 11 is 0. The van der Waals surface area contributed by atoms with Crippen molar-refractivity contribution >= 4 is 5.82 Å². The summed E-state index contributed by atoms with van der Waals surface area (Å²) in [5, 5.41) is 3.36. The summed E-state index contributed by atoms with van der Waals surface area (Å²) < 4.78 is 0. The molecule has 2 rings (SSSR count). The highest BCUT2D eigenvalue weighted by atomic mass is 15.0. The molecule has 0 amide bonds. The molecule has 0 aromatic carbocycles. The summed E-state index contributed by atoms with van der Waals surface area (Å²) in [6.45, 7) is 2.96. The van der Waals surface area contributed by atoms with Crippen molar-refractivity contribution in [3.8, 4) is 0 Å². The van der Waals surface area contributed by atoms with E-state index in [9.17, 15) is 0 Å². The van der Waals surface area contributed by atoms with Crippen LogP contribution in [0.15, 0.2) is 12.3 Å². The number of rotatable bonds is 4. The minimum absolute atomic E-state index is 0.834. The van der Waals surface area contributed by atoms with Gasteiger partial charge in [0.2, 0.25) is 0 Å². The molecule has 1 aliphatic carbocycles. The van der Waals surface area contributed by atoms with Crippen LogP contribution in [-0.2, 0) is 0 Å². The Balaban J connectivity index is 1.73. The maximum atomic E-state index is 4.32. The van der Waals surface area contributed by atoms with E-state index >= 15 is 0 Å². The Hall–Kier alpha value is -1.12. The van der Waals surface area contributed by atoms with Crippen LogP contribution in [0.1, 0.15) is 37.9 Å². The molecule has 0 unspecified atom stereocenters. The number of nitrogens with one attached hydrogen (secondary N) is 1. The zero-order chi connectivity index (χ0) is 10.5. The number of hydrogen-bond donors (Lipinski definition) is 1. The first kappa shape index (κ1) is 10.4. The topological polar surface area (TPSA) is 37.8 Å². The standard InChI is InChI=1S/C12H19N3/c1-10-13-9-7-12(15-10)14-8-6-11-4-2-3-5-11/h7,9,11H,2-6,8H2,1H3,(H,13,14,15). The Labute approximate surface area is 91.3 Å². The van der Waals surface area contributed by atoms with Gasteiger partial charge in [-0.3, -0.25) is 0 Å². The van der Waals surface area contributed by atoms with Crippen LogP contribution in [0.5, 0.6) is 0 Å². The molecular weight excluding hydrogens is 186 g/mol. The summed E-state index contributed by atoms with van der Waals surface area (Å²) in [6, 6.07) is 1.93. The van der Waals surface area contributed by atoms with E-state index in [0.29, 0.717) is 0 Å². The van der Waals surface area contributed by atoms with Crippen molar-refractivity contribution in [2.45, 2.75) is 39.0 Å².